The number of hydrogen-bond acceptors (Lipinski definition) is 7. The number of carboxylic acid groups (broad SMARTS) is 1. The van der Waals surface area contributed by atoms with Crippen LogP contribution < -0.4 is 15.6 Å². The van der Waals surface area contributed by atoms with Gasteiger partial charge in [-0.25, -0.2) is 22.9 Å². The number of oxime groups is 1. The number of pyridine rings is 2. The number of fused-ring (bicyclic) bond motifs is 1. The molecule has 2 saturated heterocycles. The van der Waals surface area contributed by atoms with Gasteiger partial charge < -0.3 is 20.2 Å². The maximum Gasteiger partial charge on any atom is 0.341 e. The molecular weight excluding hydrogens is 455 g/mol. The molecule has 0 amide bonds. The van der Waals surface area contributed by atoms with Gasteiger partial charge in [-0.05, 0) is 18.2 Å². The van der Waals surface area contributed by atoms with Gasteiger partial charge in [0.1, 0.15) is 24.3 Å². The van der Waals surface area contributed by atoms with Crippen molar-refractivity contribution in [3.05, 3.63) is 63.7 Å². The quantitative estimate of drug-likeness (QED) is 0.558. The molecule has 9 nitrogen and oxygen atoms in total. The van der Waals surface area contributed by atoms with Gasteiger partial charge in [-0.2, -0.15) is 0 Å². The van der Waals surface area contributed by atoms with Crippen molar-refractivity contribution in [1.29, 1.82) is 0 Å². The Bertz CT molecular complexity index is 1430. The third-order valence-electron chi connectivity index (χ3n) is 6.19. The van der Waals surface area contributed by atoms with E-state index in [9.17, 15) is 23.5 Å². The smallest absolute Gasteiger partial charge is 0.341 e. The minimum atomic E-state index is -1.58. The van der Waals surface area contributed by atoms with E-state index in [1.165, 1.54) is 7.11 Å². The van der Waals surface area contributed by atoms with Crippen LogP contribution in [0.1, 0.15) is 10.4 Å². The van der Waals surface area contributed by atoms with Crippen LogP contribution in [0, 0.1) is 22.9 Å². The largest absolute Gasteiger partial charge is 0.477 e. The highest BCUT2D eigenvalue weighted by molar-refractivity contribution is 5.99. The zero-order valence-corrected chi connectivity index (χ0v) is 17.8. The molecule has 0 atom stereocenters. The summed E-state index contributed by atoms with van der Waals surface area (Å²) in [5.41, 5.74) is -1.74. The number of rotatable bonds is 4. The second kappa shape index (κ2) is 7.83. The molecule has 5 rings (SSSR count). The molecule has 4 heterocycles. The van der Waals surface area contributed by atoms with Crippen molar-refractivity contribution >= 4 is 28.5 Å². The highest BCUT2D eigenvalue weighted by Crippen LogP contribution is 2.36. The van der Waals surface area contributed by atoms with Gasteiger partial charge in [0.2, 0.25) is 5.43 Å². The Balaban J connectivity index is 1.73. The van der Waals surface area contributed by atoms with Crippen molar-refractivity contribution in [2.45, 2.75) is 0 Å². The van der Waals surface area contributed by atoms with Crippen LogP contribution in [0.5, 0.6) is 0 Å². The Labute approximate surface area is 190 Å². The summed E-state index contributed by atoms with van der Waals surface area (Å²) in [6.07, 6.45) is 0.900. The van der Waals surface area contributed by atoms with Gasteiger partial charge in [0.25, 0.3) is 0 Å². The van der Waals surface area contributed by atoms with Gasteiger partial charge in [-0.3, -0.25) is 9.36 Å². The number of aromatic nitrogens is 2. The predicted octanol–water partition coefficient (Wildman–Crippen LogP) is 1.91. The van der Waals surface area contributed by atoms with E-state index in [-0.39, 0.29) is 34.5 Å². The number of nitrogens with zero attached hydrogens (tertiary/aromatic N) is 4. The highest BCUT2D eigenvalue weighted by atomic mass is 19.1. The first-order chi connectivity index (χ1) is 16.2. The highest BCUT2D eigenvalue weighted by Gasteiger charge is 2.50. The number of halogens is 3. The summed E-state index contributed by atoms with van der Waals surface area (Å²) in [4.78, 5) is 35.3. The fourth-order valence-corrected chi connectivity index (χ4v) is 4.44. The number of nitrogens with one attached hydrogen (secondary N) is 1. The Morgan fingerprint density at radius 1 is 1.24 bits per heavy atom. The number of carbonyl (C=O) groups is 1. The third kappa shape index (κ3) is 3.29. The molecule has 2 fully saturated rings. The van der Waals surface area contributed by atoms with Crippen molar-refractivity contribution in [2.24, 2.45) is 10.6 Å². The van der Waals surface area contributed by atoms with E-state index in [1.807, 2.05) is 0 Å². The van der Waals surface area contributed by atoms with Gasteiger partial charge in [-0.15, -0.1) is 0 Å². The molecule has 0 bridgehead atoms. The maximum atomic E-state index is 15.2. The summed E-state index contributed by atoms with van der Waals surface area (Å²) < 4.78 is 44.4. The van der Waals surface area contributed by atoms with Crippen LogP contribution in [-0.2, 0) is 4.84 Å². The lowest BCUT2D eigenvalue weighted by atomic mass is 9.79. The first-order valence-electron chi connectivity index (χ1n) is 10.2. The van der Waals surface area contributed by atoms with Gasteiger partial charge >= 0.3 is 5.97 Å². The zero-order chi connectivity index (χ0) is 24.2. The molecule has 1 spiro atoms. The average Bonchev–Trinajstić information content (AvgIpc) is 3.14. The first-order valence-corrected chi connectivity index (χ1v) is 10.2. The van der Waals surface area contributed by atoms with Crippen molar-refractivity contribution < 1.29 is 27.9 Å². The van der Waals surface area contributed by atoms with Gasteiger partial charge in [0.05, 0.1) is 28.7 Å². The van der Waals surface area contributed by atoms with Crippen LogP contribution in [-0.4, -0.2) is 59.6 Å². The number of aromatic carboxylic acids is 1. The summed E-state index contributed by atoms with van der Waals surface area (Å²) in [7, 11) is 1.42. The molecule has 34 heavy (non-hydrogen) atoms. The molecule has 2 N–H and O–H groups in total. The molecule has 2 aromatic heterocycles. The molecule has 0 saturated carbocycles. The van der Waals surface area contributed by atoms with Crippen molar-refractivity contribution in [3.63, 3.8) is 0 Å². The summed E-state index contributed by atoms with van der Waals surface area (Å²) in [6.45, 7) is 1.83. The second-order valence-electron chi connectivity index (χ2n) is 8.27. The van der Waals surface area contributed by atoms with Crippen LogP contribution in [0.15, 0.2) is 40.4 Å². The summed E-state index contributed by atoms with van der Waals surface area (Å²) in [6, 6.07) is 3.57. The van der Waals surface area contributed by atoms with Crippen molar-refractivity contribution in [1.82, 2.24) is 14.9 Å². The minimum Gasteiger partial charge on any atom is -0.477 e. The molecule has 2 aliphatic heterocycles. The fourth-order valence-electron chi connectivity index (χ4n) is 4.44. The Kier molecular flexibility index (Phi) is 5.04. The lowest BCUT2D eigenvalue weighted by molar-refractivity contribution is 0.0695. The molecular formula is C22H18F3N5O4. The Morgan fingerprint density at radius 2 is 2.00 bits per heavy atom. The predicted molar refractivity (Wildman–Crippen MR) is 116 cm³/mol. The van der Waals surface area contributed by atoms with E-state index in [4.69, 9.17) is 4.84 Å². The Morgan fingerprint density at radius 3 is 2.62 bits per heavy atom. The fraction of sp³-hybridized carbons (Fsp3) is 0.273. The van der Waals surface area contributed by atoms with Crippen LogP contribution >= 0.6 is 0 Å². The third-order valence-corrected chi connectivity index (χ3v) is 6.19. The van der Waals surface area contributed by atoms with Crippen LogP contribution in [0.4, 0.5) is 19.0 Å². The summed E-state index contributed by atoms with van der Waals surface area (Å²) in [5.74, 6) is -4.39. The van der Waals surface area contributed by atoms with E-state index >= 15 is 4.39 Å². The average molecular weight is 473 g/mol. The standard InChI is InChI=1S/C22H18F3N5O4/c1-34-28-17-7-29(10-22(17)8-26-9-22)20-15(25)5-12-18(31)13(21(32)33)6-30(19(12)27-20)16-3-2-11(23)4-14(16)24/h2-6,26H,7-10H2,1H3,(H,32,33). The van der Waals surface area contributed by atoms with E-state index in [0.717, 1.165) is 29.0 Å². The van der Waals surface area contributed by atoms with E-state index < -0.39 is 34.4 Å². The minimum absolute atomic E-state index is 0.112. The van der Waals surface area contributed by atoms with E-state index in [0.29, 0.717) is 31.4 Å². The summed E-state index contributed by atoms with van der Waals surface area (Å²) in [5, 5.41) is 16.3. The normalized spacial score (nSPS) is 18.0. The van der Waals surface area contributed by atoms with E-state index in [1.54, 1.807) is 4.90 Å². The Hall–Kier alpha value is -3.93. The topological polar surface area (TPSA) is 109 Å². The van der Waals surface area contributed by atoms with Crippen LogP contribution in [0.3, 0.4) is 0 Å². The molecule has 0 radical (unpaired) electrons. The molecule has 0 aliphatic carbocycles. The number of carboxylic acids is 1. The molecule has 0 unspecified atom stereocenters. The van der Waals surface area contributed by atoms with Crippen LogP contribution in [0.25, 0.3) is 16.7 Å². The van der Waals surface area contributed by atoms with Crippen LogP contribution in [0.2, 0.25) is 0 Å². The monoisotopic (exact) mass is 473 g/mol. The number of benzene rings is 1. The first kappa shape index (κ1) is 21.9. The molecule has 2 aliphatic rings. The maximum absolute atomic E-state index is 15.2. The lowest BCUT2D eigenvalue weighted by Gasteiger charge is -2.38. The second-order valence-corrected chi connectivity index (χ2v) is 8.27. The number of anilines is 1. The number of hydrogen-bond donors (Lipinski definition) is 2. The van der Waals surface area contributed by atoms with Crippen molar-refractivity contribution in [3.8, 4) is 5.69 Å². The zero-order valence-electron chi connectivity index (χ0n) is 17.8. The van der Waals surface area contributed by atoms with Gasteiger partial charge in [0, 0.05) is 31.9 Å². The molecule has 176 valence electrons. The van der Waals surface area contributed by atoms with Crippen molar-refractivity contribution in [2.75, 3.05) is 38.2 Å². The molecule has 3 aromatic rings. The lowest BCUT2D eigenvalue weighted by Crippen LogP contribution is -2.58. The van der Waals surface area contributed by atoms with E-state index in [2.05, 4.69) is 15.5 Å². The molecule has 12 heteroatoms. The SMILES string of the molecule is CON=C1CN(c2nc3c(cc2F)c(=O)c(C(=O)O)cn3-c2ccc(F)cc2F)CC12CNC2. The molecule has 1 aromatic carbocycles. The van der Waals surface area contributed by atoms with Gasteiger partial charge in [0.15, 0.2) is 17.3 Å². The summed E-state index contributed by atoms with van der Waals surface area (Å²) >= 11 is 0. The van der Waals surface area contributed by atoms with Gasteiger partial charge in [-0.1, -0.05) is 5.16 Å².